The zero-order chi connectivity index (χ0) is 30.0. The van der Waals surface area contributed by atoms with E-state index in [4.69, 9.17) is 9.97 Å². The van der Waals surface area contributed by atoms with E-state index in [9.17, 15) is 17.2 Å². The highest BCUT2D eigenvalue weighted by Crippen LogP contribution is 2.30. The number of hydrogen-bond donors (Lipinski definition) is 2. The molecule has 0 spiro atoms. The van der Waals surface area contributed by atoms with Crippen molar-refractivity contribution in [3.05, 3.63) is 65.5 Å². The minimum atomic E-state index is -4.28. The molecule has 0 atom stereocenters. The summed E-state index contributed by atoms with van der Waals surface area (Å²) < 4.78 is 54.9. The van der Waals surface area contributed by atoms with Crippen LogP contribution in [0.1, 0.15) is 55.9 Å². The second-order valence-electron chi connectivity index (χ2n) is 10.8. The Bertz CT molecular complexity index is 1690. The lowest BCUT2D eigenvalue weighted by atomic mass is 9.91. The fraction of sp³-hybridized carbons (Fsp3) is 0.400. The number of benzene rings is 1. The van der Waals surface area contributed by atoms with Gasteiger partial charge in [-0.25, -0.2) is 37.1 Å². The number of sulfonamides is 1. The van der Waals surface area contributed by atoms with Crippen molar-refractivity contribution >= 4 is 32.8 Å². The minimum Gasteiger partial charge on any atom is -0.351 e. The van der Waals surface area contributed by atoms with Crippen LogP contribution in [0.25, 0.3) is 22.3 Å². The summed E-state index contributed by atoms with van der Waals surface area (Å²) in [6, 6.07) is 11.1. The van der Waals surface area contributed by atoms with Gasteiger partial charge in [0.25, 0.3) is 16.4 Å². The van der Waals surface area contributed by atoms with E-state index in [0.29, 0.717) is 40.5 Å². The maximum absolute atomic E-state index is 13.4. The molecule has 0 saturated heterocycles. The quantitative estimate of drug-likeness (QED) is 0.243. The Labute approximate surface area is 244 Å². The molecule has 12 heteroatoms. The number of nitrogens with zero attached hydrogens (tertiary/aromatic N) is 5. The molecule has 3 aromatic heterocycles. The number of halogens is 2. The lowest BCUT2D eigenvalue weighted by molar-refractivity contribution is 0.148. The fourth-order valence-electron chi connectivity index (χ4n) is 5.47. The van der Waals surface area contributed by atoms with Gasteiger partial charge in [0.2, 0.25) is 5.95 Å². The highest BCUT2D eigenvalue weighted by atomic mass is 32.2. The Morgan fingerprint density at radius 2 is 1.76 bits per heavy atom. The van der Waals surface area contributed by atoms with Crippen molar-refractivity contribution in [2.24, 2.45) is 0 Å². The molecule has 2 N–H and O–H groups in total. The van der Waals surface area contributed by atoms with Gasteiger partial charge >= 0.3 is 0 Å². The molecule has 3 heterocycles. The third-order valence-electron chi connectivity index (χ3n) is 7.81. The van der Waals surface area contributed by atoms with Crippen molar-refractivity contribution in [1.29, 1.82) is 0 Å². The minimum absolute atomic E-state index is 0.0236. The van der Waals surface area contributed by atoms with E-state index in [1.54, 1.807) is 19.2 Å². The number of anilines is 2. The van der Waals surface area contributed by atoms with Crippen molar-refractivity contribution in [3.8, 4) is 11.3 Å². The van der Waals surface area contributed by atoms with Gasteiger partial charge in [-0.1, -0.05) is 25.1 Å². The first-order valence-electron chi connectivity index (χ1n) is 14.0. The smallest absolute Gasteiger partial charge is 0.265 e. The molecule has 9 nitrogen and oxygen atoms in total. The van der Waals surface area contributed by atoms with Crippen molar-refractivity contribution in [1.82, 2.24) is 24.8 Å². The van der Waals surface area contributed by atoms with Gasteiger partial charge in [-0.15, -0.1) is 0 Å². The second-order valence-corrected chi connectivity index (χ2v) is 12.5. The Morgan fingerprint density at radius 1 is 1.02 bits per heavy atom. The molecule has 0 amide bonds. The standard InChI is InChI=1S/C30H35F2N7O2S/c1-5-19-16-24(36-25-17-33-30(37-28(19)25)35-20-10-12-21(13-11-20)39(3)4)22-14-15-27(34-18(22)2)38-42(40,41)26-9-7-6-8-23(26)29(31)32/h6-9,14-17,20-21,29H,5,10-13H2,1-4H3,(H,34,38)(H,33,35,37). The Morgan fingerprint density at radius 3 is 2.43 bits per heavy atom. The molecule has 0 radical (unpaired) electrons. The molecule has 222 valence electrons. The van der Waals surface area contributed by atoms with Crippen LogP contribution >= 0.6 is 0 Å². The maximum atomic E-state index is 13.4. The number of rotatable bonds is 9. The Kier molecular flexibility index (Phi) is 8.65. The van der Waals surface area contributed by atoms with Crippen LogP contribution in [-0.2, 0) is 16.4 Å². The summed E-state index contributed by atoms with van der Waals surface area (Å²) in [6.45, 7) is 3.79. The predicted molar refractivity (Wildman–Crippen MR) is 160 cm³/mol. The van der Waals surface area contributed by atoms with Crippen LogP contribution in [0.15, 0.2) is 53.6 Å². The largest absolute Gasteiger partial charge is 0.351 e. The van der Waals surface area contributed by atoms with Crippen LogP contribution in [0.2, 0.25) is 0 Å². The molecule has 1 aliphatic rings. The monoisotopic (exact) mass is 595 g/mol. The highest BCUT2D eigenvalue weighted by molar-refractivity contribution is 7.92. The number of hydrogen-bond acceptors (Lipinski definition) is 8. The van der Waals surface area contributed by atoms with Crippen LogP contribution in [0.3, 0.4) is 0 Å². The average molecular weight is 596 g/mol. The molecule has 42 heavy (non-hydrogen) atoms. The Hall–Kier alpha value is -3.77. The van der Waals surface area contributed by atoms with Gasteiger partial charge in [-0.05, 0) is 83.0 Å². The molecular formula is C30H35F2N7O2S. The van der Waals surface area contributed by atoms with E-state index >= 15 is 0 Å². The lowest BCUT2D eigenvalue weighted by Crippen LogP contribution is -2.36. The van der Waals surface area contributed by atoms with Gasteiger partial charge < -0.3 is 10.2 Å². The molecule has 5 rings (SSSR count). The van der Waals surface area contributed by atoms with Crippen LogP contribution < -0.4 is 10.0 Å². The molecule has 0 aliphatic heterocycles. The van der Waals surface area contributed by atoms with E-state index in [0.717, 1.165) is 55.3 Å². The summed E-state index contributed by atoms with van der Waals surface area (Å²) in [5.74, 6) is 0.624. The number of nitrogens with one attached hydrogen (secondary N) is 2. The van der Waals surface area contributed by atoms with E-state index in [-0.39, 0.29) is 5.82 Å². The first kappa shape index (κ1) is 29.7. The average Bonchev–Trinajstić information content (AvgIpc) is 2.96. The molecule has 0 unspecified atom stereocenters. The van der Waals surface area contributed by atoms with Crippen molar-refractivity contribution in [3.63, 3.8) is 0 Å². The van der Waals surface area contributed by atoms with E-state index in [2.05, 4.69) is 45.9 Å². The van der Waals surface area contributed by atoms with Gasteiger partial charge in [-0.3, -0.25) is 4.72 Å². The fourth-order valence-corrected chi connectivity index (χ4v) is 6.70. The zero-order valence-corrected chi connectivity index (χ0v) is 24.9. The number of fused-ring (bicyclic) bond motifs is 1. The third kappa shape index (κ3) is 6.34. The van der Waals surface area contributed by atoms with Gasteiger partial charge in [0, 0.05) is 28.9 Å². The van der Waals surface area contributed by atoms with Gasteiger partial charge in [0.05, 0.1) is 22.3 Å². The van der Waals surface area contributed by atoms with E-state index in [1.165, 1.54) is 18.2 Å². The molecule has 1 fully saturated rings. The van der Waals surface area contributed by atoms with Gasteiger partial charge in [-0.2, -0.15) is 0 Å². The van der Waals surface area contributed by atoms with Gasteiger partial charge in [0.1, 0.15) is 11.3 Å². The normalized spacial score (nSPS) is 17.6. The summed E-state index contributed by atoms with van der Waals surface area (Å²) in [6.07, 6.45) is 3.94. The summed E-state index contributed by atoms with van der Waals surface area (Å²) in [4.78, 5) is 20.4. The summed E-state index contributed by atoms with van der Waals surface area (Å²) in [5, 5.41) is 3.51. The van der Waals surface area contributed by atoms with Crippen LogP contribution in [0, 0.1) is 6.92 Å². The van der Waals surface area contributed by atoms with Crippen molar-refractivity contribution < 1.29 is 17.2 Å². The SMILES string of the molecule is CCc1cc(-c2ccc(NS(=O)(=O)c3ccccc3C(F)F)nc2C)nc2cnc(NC3CCC(N(C)C)CC3)nc12. The maximum Gasteiger partial charge on any atom is 0.265 e. The summed E-state index contributed by atoms with van der Waals surface area (Å²) in [5.41, 5.74) is 3.77. The topological polar surface area (TPSA) is 113 Å². The van der Waals surface area contributed by atoms with E-state index in [1.807, 2.05) is 6.07 Å². The number of pyridine rings is 2. The first-order chi connectivity index (χ1) is 20.1. The summed E-state index contributed by atoms with van der Waals surface area (Å²) in [7, 11) is -0.0173. The predicted octanol–water partition coefficient (Wildman–Crippen LogP) is 5.98. The van der Waals surface area contributed by atoms with Gasteiger partial charge in [0.15, 0.2) is 0 Å². The number of aryl methyl sites for hydroxylation is 2. The van der Waals surface area contributed by atoms with E-state index < -0.39 is 26.9 Å². The zero-order valence-electron chi connectivity index (χ0n) is 24.1. The first-order valence-corrected chi connectivity index (χ1v) is 15.5. The highest BCUT2D eigenvalue weighted by Gasteiger charge is 2.25. The molecule has 1 saturated carbocycles. The van der Waals surface area contributed by atoms with Crippen LogP contribution in [0.5, 0.6) is 0 Å². The molecule has 4 aromatic rings. The molecular weight excluding hydrogens is 560 g/mol. The molecule has 0 bridgehead atoms. The molecule has 1 aromatic carbocycles. The summed E-state index contributed by atoms with van der Waals surface area (Å²) >= 11 is 0. The van der Waals surface area contributed by atoms with Crippen LogP contribution in [0.4, 0.5) is 20.5 Å². The van der Waals surface area contributed by atoms with Crippen LogP contribution in [-0.4, -0.2) is 59.4 Å². The second kappa shape index (κ2) is 12.2. The number of aromatic nitrogens is 4. The Balaban J connectivity index is 1.38. The number of alkyl halides is 2. The van der Waals surface area contributed by atoms with Crippen molar-refractivity contribution in [2.45, 2.75) is 69.4 Å². The molecule has 1 aliphatic carbocycles. The van der Waals surface area contributed by atoms with Crippen molar-refractivity contribution in [2.75, 3.05) is 24.1 Å². The third-order valence-corrected chi connectivity index (χ3v) is 9.24. The lowest BCUT2D eigenvalue weighted by Gasteiger charge is -2.32.